The number of thiazole rings is 1. The van der Waals surface area contributed by atoms with Crippen LogP contribution >= 0.6 is 22.9 Å². The second-order valence-electron chi connectivity index (χ2n) is 7.39. The highest BCUT2D eigenvalue weighted by Crippen LogP contribution is 2.31. The SMILES string of the molecule is Cc1nc(NC(=O)CCN2CCOCC2)sc1C1=CCC=NC(Nc2ccc(Cl)cc2)=N1. The maximum absolute atomic E-state index is 12.4. The largest absolute Gasteiger partial charge is 0.379 e. The molecule has 1 fully saturated rings. The fourth-order valence-corrected chi connectivity index (χ4v) is 4.41. The maximum atomic E-state index is 12.4. The first-order valence-electron chi connectivity index (χ1n) is 10.5. The molecule has 1 aromatic carbocycles. The predicted molar refractivity (Wildman–Crippen MR) is 131 cm³/mol. The van der Waals surface area contributed by atoms with Crippen molar-refractivity contribution >= 4 is 57.5 Å². The van der Waals surface area contributed by atoms with E-state index in [0.29, 0.717) is 29.0 Å². The highest BCUT2D eigenvalue weighted by atomic mass is 35.5. The quantitative estimate of drug-likeness (QED) is 0.661. The Morgan fingerprint density at radius 3 is 2.81 bits per heavy atom. The predicted octanol–water partition coefficient (Wildman–Crippen LogP) is 4.05. The fraction of sp³-hybridized carbons (Fsp3) is 0.364. The summed E-state index contributed by atoms with van der Waals surface area (Å²) in [5.74, 6) is 0.448. The summed E-state index contributed by atoms with van der Waals surface area (Å²) in [6, 6.07) is 7.36. The molecule has 0 aliphatic carbocycles. The van der Waals surface area contributed by atoms with Gasteiger partial charge in [0.1, 0.15) is 0 Å². The number of morpholine rings is 1. The molecule has 32 heavy (non-hydrogen) atoms. The minimum atomic E-state index is -0.0384. The number of nitrogens with one attached hydrogen (secondary N) is 2. The summed E-state index contributed by atoms with van der Waals surface area (Å²) in [5.41, 5.74) is 2.45. The molecular formula is C22H25ClN6O2S. The van der Waals surface area contributed by atoms with Gasteiger partial charge in [-0.1, -0.05) is 29.0 Å². The van der Waals surface area contributed by atoms with E-state index in [4.69, 9.17) is 16.3 Å². The van der Waals surface area contributed by atoms with E-state index in [1.165, 1.54) is 11.3 Å². The van der Waals surface area contributed by atoms with Crippen LogP contribution in [0.2, 0.25) is 5.02 Å². The number of ether oxygens (including phenoxy) is 1. The molecule has 1 saturated heterocycles. The van der Waals surface area contributed by atoms with Crippen LogP contribution in [-0.2, 0) is 9.53 Å². The summed E-state index contributed by atoms with van der Waals surface area (Å²) in [4.78, 5) is 29.2. The standard InChI is InChI=1S/C22H25ClN6O2S/c1-15-20(32-22(25-15)28-19(30)8-10-29-11-13-31-14-12-29)18-3-2-9-24-21(27-18)26-17-6-4-16(23)5-7-17/h3-7,9H,2,8,10-14H2,1H3,(H,26,27)(H,25,28,30). The van der Waals surface area contributed by atoms with Crippen LogP contribution in [0.1, 0.15) is 23.4 Å². The van der Waals surface area contributed by atoms with Gasteiger partial charge < -0.3 is 15.4 Å². The number of aliphatic imine (C=N–C) groups is 2. The number of hydrogen-bond donors (Lipinski definition) is 2. The molecular weight excluding hydrogens is 448 g/mol. The lowest BCUT2D eigenvalue weighted by Gasteiger charge is -2.26. The lowest BCUT2D eigenvalue weighted by Crippen LogP contribution is -2.38. The molecule has 8 nitrogen and oxygen atoms in total. The Balaban J connectivity index is 1.40. The number of carbonyl (C=O) groups is 1. The van der Waals surface area contributed by atoms with Gasteiger partial charge in [0, 0.05) is 49.4 Å². The van der Waals surface area contributed by atoms with E-state index < -0.39 is 0 Å². The minimum Gasteiger partial charge on any atom is -0.379 e. The monoisotopic (exact) mass is 472 g/mol. The molecule has 4 rings (SSSR count). The van der Waals surface area contributed by atoms with Gasteiger partial charge in [-0.15, -0.1) is 0 Å². The summed E-state index contributed by atoms with van der Waals surface area (Å²) >= 11 is 7.38. The highest BCUT2D eigenvalue weighted by molar-refractivity contribution is 7.17. The van der Waals surface area contributed by atoms with Gasteiger partial charge in [0.25, 0.3) is 0 Å². The molecule has 0 spiro atoms. The Morgan fingerprint density at radius 2 is 2.03 bits per heavy atom. The number of aromatic nitrogens is 1. The van der Waals surface area contributed by atoms with Gasteiger partial charge in [-0.05, 0) is 31.2 Å². The maximum Gasteiger partial charge on any atom is 0.227 e. The number of amides is 1. The number of allylic oxidation sites excluding steroid dienone is 1. The molecule has 1 amide bonds. The van der Waals surface area contributed by atoms with E-state index in [1.54, 1.807) is 6.21 Å². The van der Waals surface area contributed by atoms with E-state index in [1.807, 2.05) is 37.3 Å². The molecule has 0 bridgehead atoms. The van der Waals surface area contributed by atoms with Gasteiger partial charge in [0.05, 0.1) is 29.5 Å². The third kappa shape index (κ3) is 6.23. The fourth-order valence-electron chi connectivity index (χ4n) is 3.31. The molecule has 2 aromatic rings. The Morgan fingerprint density at radius 1 is 1.25 bits per heavy atom. The van der Waals surface area contributed by atoms with Gasteiger partial charge in [-0.25, -0.2) is 15.0 Å². The molecule has 0 saturated carbocycles. The van der Waals surface area contributed by atoms with Crippen LogP contribution in [0, 0.1) is 6.92 Å². The molecule has 2 aliphatic heterocycles. The second kappa shape index (κ2) is 10.8. The Hall–Kier alpha value is -2.59. The van der Waals surface area contributed by atoms with Crippen LogP contribution in [-0.4, -0.2) is 60.8 Å². The summed E-state index contributed by atoms with van der Waals surface area (Å²) in [7, 11) is 0. The number of rotatable bonds is 6. The lowest BCUT2D eigenvalue weighted by atomic mass is 10.2. The molecule has 0 atom stereocenters. The number of guanidine groups is 1. The molecule has 1 aromatic heterocycles. The summed E-state index contributed by atoms with van der Waals surface area (Å²) in [6.07, 6.45) is 4.89. The first kappa shape index (κ1) is 22.6. The third-order valence-corrected chi connectivity index (χ3v) is 6.34. The van der Waals surface area contributed by atoms with E-state index in [2.05, 4.69) is 30.5 Å². The highest BCUT2D eigenvalue weighted by Gasteiger charge is 2.17. The Bertz CT molecular complexity index is 1040. The van der Waals surface area contributed by atoms with Crippen LogP contribution in [0.4, 0.5) is 10.8 Å². The van der Waals surface area contributed by atoms with Crippen molar-refractivity contribution in [2.75, 3.05) is 43.5 Å². The number of hydrogen-bond acceptors (Lipinski definition) is 8. The van der Waals surface area contributed by atoms with Crippen molar-refractivity contribution in [1.29, 1.82) is 0 Å². The zero-order valence-corrected chi connectivity index (χ0v) is 19.4. The average molecular weight is 473 g/mol. The van der Waals surface area contributed by atoms with Crippen molar-refractivity contribution in [3.63, 3.8) is 0 Å². The number of carbonyl (C=O) groups excluding carboxylic acids is 1. The second-order valence-corrected chi connectivity index (χ2v) is 8.83. The van der Waals surface area contributed by atoms with E-state index in [-0.39, 0.29) is 5.91 Å². The molecule has 10 heteroatoms. The van der Waals surface area contributed by atoms with Gasteiger partial charge in [-0.3, -0.25) is 9.69 Å². The van der Waals surface area contributed by atoms with Crippen molar-refractivity contribution in [3.05, 3.63) is 45.9 Å². The number of anilines is 2. The van der Waals surface area contributed by atoms with Crippen molar-refractivity contribution < 1.29 is 9.53 Å². The molecule has 2 aliphatic rings. The molecule has 2 N–H and O–H groups in total. The van der Waals surface area contributed by atoms with Crippen molar-refractivity contribution in [1.82, 2.24) is 9.88 Å². The lowest BCUT2D eigenvalue weighted by molar-refractivity contribution is -0.116. The summed E-state index contributed by atoms with van der Waals surface area (Å²) in [6.45, 7) is 5.83. The smallest absolute Gasteiger partial charge is 0.227 e. The van der Waals surface area contributed by atoms with Gasteiger partial charge in [-0.2, -0.15) is 0 Å². The van der Waals surface area contributed by atoms with E-state index in [9.17, 15) is 4.79 Å². The third-order valence-electron chi connectivity index (χ3n) is 4.99. The van der Waals surface area contributed by atoms with Gasteiger partial charge in [0.2, 0.25) is 11.9 Å². The van der Waals surface area contributed by atoms with Gasteiger partial charge in [0.15, 0.2) is 5.13 Å². The number of nitrogens with zero attached hydrogens (tertiary/aromatic N) is 4. The van der Waals surface area contributed by atoms with Crippen LogP contribution in [0.25, 0.3) is 5.70 Å². The zero-order chi connectivity index (χ0) is 22.3. The molecule has 0 radical (unpaired) electrons. The zero-order valence-electron chi connectivity index (χ0n) is 17.8. The van der Waals surface area contributed by atoms with Crippen LogP contribution < -0.4 is 10.6 Å². The average Bonchev–Trinajstić information content (AvgIpc) is 3.00. The molecule has 0 unspecified atom stereocenters. The Labute approximate surface area is 196 Å². The molecule has 168 valence electrons. The number of aryl methyl sites for hydroxylation is 1. The van der Waals surface area contributed by atoms with E-state index in [0.717, 1.165) is 54.8 Å². The summed E-state index contributed by atoms with van der Waals surface area (Å²) < 4.78 is 5.34. The van der Waals surface area contributed by atoms with Gasteiger partial charge >= 0.3 is 0 Å². The minimum absolute atomic E-state index is 0.0384. The molecule has 3 heterocycles. The Kier molecular flexibility index (Phi) is 7.64. The van der Waals surface area contributed by atoms with Crippen molar-refractivity contribution in [3.8, 4) is 0 Å². The van der Waals surface area contributed by atoms with Crippen LogP contribution in [0.15, 0.2) is 40.3 Å². The first-order valence-corrected chi connectivity index (χ1v) is 11.7. The van der Waals surface area contributed by atoms with E-state index >= 15 is 0 Å². The topological polar surface area (TPSA) is 91.2 Å². The first-order chi connectivity index (χ1) is 15.6. The summed E-state index contributed by atoms with van der Waals surface area (Å²) in [5, 5.41) is 7.39. The number of benzene rings is 1. The van der Waals surface area contributed by atoms with Crippen molar-refractivity contribution in [2.45, 2.75) is 19.8 Å². The normalized spacial score (nSPS) is 16.8. The van der Waals surface area contributed by atoms with Crippen LogP contribution in [0.5, 0.6) is 0 Å². The van der Waals surface area contributed by atoms with Crippen LogP contribution in [0.3, 0.4) is 0 Å². The van der Waals surface area contributed by atoms with Crippen molar-refractivity contribution in [2.24, 2.45) is 9.98 Å². The number of halogens is 1.